The molecule has 0 aliphatic rings. The molecule has 1 aromatic heterocycles. The third-order valence-electron chi connectivity index (χ3n) is 6.32. The van der Waals surface area contributed by atoms with E-state index in [0.29, 0.717) is 16.8 Å². The van der Waals surface area contributed by atoms with Gasteiger partial charge in [-0.15, -0.1) is 0 Å². The Labute approximate surface area is 239 Å². The van der Waals surface area contributed by atoms with E-state index in [9.17, 15) is 24.9 Å². The average Bonchev–Trinajstić information content (AvgIpc) is 3.40. The van der Waals surface area contributed by atoms with Crippen LogP contribution < -0.4 is 15.6 Å². The third-order valence-corrected chi connectivity index (χ3v) is 6.32. The molecule has 0 saturated heterocycles. The second kappa shape index (κ2) is 12.0. The lowest BCUT2D eigenvalue weighted by molar-refractivity contribution is 0.0946. The Morgan fingerprint density at radius 2 is 1.40 bits per heavy atom. The number of phenols is 3. The van der Waals surface area contributed by atoms with Crippen molar-refractivity contribution in [2.24, 2.45) is 10.2 Å². The molecular weight excluding hydrogens is 538 g/mol. The molecule has 0 radical (unpaired) electrons. The van der Waals surface area contributed by atoms with E-state index in [1.165, 1.54) is 36.5 Å². The lowest BCUT2D eigenvalue weighted by atomic mass is 10.1. The standard InChI is InChI=1S/C31H25N5O6/c1-18-5-2-3-6-21(18)16-33-35-31(41)20-10-12-27(26(39)14-20)42-28-8-4-7-23-22(15-32-29(23)28)17-34-36-30(40)19-9-11-24(37)25(38)13-19/h2-17,32,37-39H,1H3,(H,35,41)(H,36,40). The van der Waals surface area contributed by atoms with Crippen molar-refractivity contribution in [1.29, 1.82) is 0 Å². The number of H-pyrrole nitrogens is 1. The summed E-state index contributed by atoms with van der Waals surface area (Å²) in [7, 11) is 0. The van der Waals surface area contributed by atoms with Gasteiger partial charge in [-0.2, -0.15) is 10.2 Å². The van der Waals surface area contributed by atoms with Crippen molar-refractivity contribution in [2.45, 2.75) is 6.92 Å². The summed E-state index contributed by atoms with van der Waals surface area (Å²) in [4.78, 5) is 27.9. The second-order valence-corrected chi connectivity index (χ2v) is 9.17. The minimum absolute atomic E-state index is 0.121. The van der Waals surface area contributed by atoms with Crippen LogP contribution in [0.4, 0.5) is 0 Å². The normalized spacial score (nSPS) is 11.3. The molecule has 0 aliphatic heterocycles. The lowest BCUT2D eigenvalue weighted by Crippen LogP contribution is -2.17. The number of phenolic OH excluding ortho intramolecular Hbond substituents is 3. The molecular formula is C31H25N5O6. The molecule has 42 heavy (non-hydrogen) atoms. The van der Waals surface area contributed by atoms with Crippen LogP contribution in [0.25, 0.3) is 10.9 Å². The van der Waals surface area contributed by atoms with Gasteiger partial charge in [0, 0.05) is 28.3 Å². The fourth-order valence-corrected chi connectivity index (χ4v) is 4.05. The number of benzene rings is 4. The monoisotopic (exact) mass is 563 g/mol. The van der Waals surface area contributed by atoms with Gasteiger partial charge in [-0.3, -0.25) is 9.59 Å². The Morgan fingerprint density at radius 3 is 2.10 bits per heavy atom. The van der Waals surface area contributed by atoms with Crippen LogP contribution in [-0.4, -0.2) is 44.5 Å². The van der Waals surface area contributed by atoms with Crippen molar-refractivity contribution in [3.8, 4) is 28.7 Å². The van der Waals surface area contributed by atoms with Crippen molar-refractivity contribution in [3.05, 3.63) is 113 Å². The molecule has 0 aliphatic carbocycles. The van der Waals surface area contributed by atoms with Crippen LogP contribution in [0.2, 0.25) is 0 Å². The number of aromatic hydroxyl groups is 3. The smallest absolute Gasteiger partial charge is 0.271 e. The third kappa shape index (κ3) is 6.05. The van der Waals surface area contributed by atoms with Gasteiger partial charge in [0.25, 0.3) is 11.8 Å². The number of ether oxygens (including phenoxy) is 1. The van der Waals surface area contributed by atoms with Crippen molar-refractivity contribution >= 4 is 35.1 Å². The van der Waals surface area contributed by atoms with Crippen LogP contribution in [0.1, 0.15) is 37.4 Å². The summed E-state index contributed by atoms with van der Waals surface area (Å²) < 4.78 is 5.94. The molecule has 210 valence electrons. The molecule has 6 N–H and O–H groups in total. The van der Waals surface area contributed by atoms with Crippen molar-refractivity contribution in [2.75, 3.05) is 0 Å². The molecule has 1 heterocycles. The van der Waals surface area contributed by atoms with Gasteiger partial charge in [-0.05, 0) is 60.5 Å². The number of hydrogen-bond donors (Lipinski definition) is 6. The molecule has 2 amide bonds. The van der Waals surface area contributed by atoms with Gasteiger partial charge in [0.2, 0.25) is 0 Å². The summed E-state index contributed by atoms with van der Waals surface area (Å²) in [5.74, 6) is -1.51. The van der Waals surface area contributed by atoms with E-state index < -0.39 is 17.6 Å². The summed E-state index contributed by atoms with van der Waals surface area (Å²) in [5, 5.41) is 38.2. The summed E-state index contributed by atoms with van der Waals surface area (Å²) in [6.07, 6.45) is 4.66. The predicted octanol–water partition coefficient (Wildman–Crippen LogP) is 4.91. The fraction of sp³-hybridized carbons (Fsp3) is 0.0323. The van der Waals surface area contributed by atoms with E-state index in [4.69, 9.17) is 4.74 Å². The van der Waals surface area contributed by atoms with Crippen LogP contribution in [0.15, 0.2) is 95.3 Å². The quantitative estimate of drug-likeness (QED) is 0.0890. The summed E-state index contributed by atoms with van der Waals surface area (Å²) in [6.45, 7) is 1.94. The van der Waals surface area contributed by atoms with E-state index in [1.54, 1.807) is 24.5 Å². The zero-order chi connectivity index (χ0) is 29.6. The van der Waals surface area contributed by atoms with Crippen LogP contribution in [0.3, 0.4) is 0 Å². The Kier molecular flexibility index (Phi) is 7.82. The first-order valence-corrected chi connectivity index (χ1v) is 12.7. The lowest BCUT2D eigenvalue weighted by Gasteiger charge is -2.10. The molecule has 0 atom stereocenters. The molecule has 5 aromatic rings. The van der Waals surface area contributed by atoms with Crippen LogP contribution in [-0.2, 0) is 0 Å². The maximum atomic E-state index is 12.5. The number of carbonyl (C=O) groups excluding carboxylic acids is 2. The van der Waals surface area contributed by atoms with Gasteiger partial charge in [0.05, 0.1) is 17.9 Å². The minimum Gasteiger partial charge on any atom is -0.504 e. The molecule has 11 nitrogen and oxygen atoms in total. The number of hydrogen-bond acceptors (Lipinski definition) is 8. The highest BCUT2D eigenvalue weighted by Gasteiger charge is 2.14. The number of aromatic amines is 1. The number of fused-ring (bicyclic) bond motifs is 1. The Morgan fingerprint density at radius 1 is 0.738 bits per heavy atom. The predicted molar refractivity (Wildman–Crippen MR) is 158 cm³/mol. The van der Waals surface area contributed by atoms with Gasteiger partial charge in [-0.1, -0.05) is 36.4 Å². The topological polar surface area (TPSA) is 169 Å². The Hall–Kier alpha value is -6.10. The Bertz CT molecular complexity index is 1860. The SMILES string of the molecule is Cc1ccccc1C=NNC(=O)c1ccc(Oc2cccc3c(C=NNC(=O)c4ccc(O)c(O)c4)c[nH]c23)c(O)c1. The minimum atomic E-state index is -0.573. The number of aromatic nitrogens is 1. The highest BCUT2D eigenvalue weighted by atomic mass is 16.5. The first kappa shape index (κ1) is 27.5. The number of aryl methyl sites for hydroxylation is 1. The van der Waals surface area contributed by atoms with Gasteiger partial charge in [0.1, 0.15) is 0 Å². The van der Waals surface area contributed by atoms with Crippen LogP contribution >= 0.6 is 0 Å². The number of amides is 2. The number of nitrogens with zero attached hydrogens (tertiary/aromatic N) is 2. The van der Waals surface area contributed by atoms with Gasteiger partial charge >= 0.3 is 0 Å². The van der Waals surface area contributed by atoms with E-state index in [2.05, 4.69) is 26.0 Å². The maximum Gasteiger partial charge on any atom is 0.271 e. The average molecular weight is 564 g/mol. The molecule has 4 aromatic carbocycles. The summed E-state index contributed by atoms with van der Waals surface area (Å²) in [6, 6.07) is 20.9. The Balaban J connectivity index is 1.26. The highest BCUT2D eigenvalue weighted by Crippen LogP contribution is 2.35. The largest absolute Gasteiger partial charge is 0.504 e. The van der Waals surface area contributed by atoms with Crippen molar-refractivity contribution < 1.29 is 29.6 Å². The van der Waals surface area contributed by atoms with E-state index in [0.717, 1.165) is 22.6 Å². The molecule has 0 saturated carbocycles. The zero-order valence-corrected chi connectivity index (χ0v) is 22.2. The van der Waals surface area contributed by atoms with Crippen molar-refractivity contribution in [3.63, 3.8) is 0 Å². The second-order valence-electron chi connectivity index (χ2n) is 9.17. The number of nitrogens with one attached hydrogen (secondary N) is 3. The number of carbonyl (C=O) groups is 2. The highest BCUT2D eigenvalue weighted by molar-refractivity contribution is 6.02. The van der Waals surface area contributed by atoms with Gasteiger partial charge in [-0.25, -0.2) is 10.9 Å². The molecule has 0 bridgehead atoms. The molecule has 0 fully saturated rings. The van der Waals surface area contributed by atoms with Crippen molar-refractivity contribution in [1.82, 2.24) is 15.8 Å². The number of rotatable bonds is 8. The van der Waals surface area contributed by atoms with E-state index in [1.807, 2.05) is 37.3 Å². The zero-order valence-electron chi connectivity index (χ0n) is 22.2. The molecule has 5 rings (SSSR count). The van der Waals surface area contributed by atoms with Gasteiger partial charge in [0.15, 0.2) is 28.7 Å². The van der Waals surface area contributed by atoms with Gasteiger partial charge < -0.3 is 25.0 Å². The number of hydrazone groups is 2. The molecule has 11 heteroatoms. The summed E-state index contributed by atoms with van der Waals surface area (Å²) in [5.41, 5.74) is 8.28. The fourth-order valence-electron chi connectivity index (χ4n) is 4.05. The van der Waals surface area contributed by atoms with Crippen LogP contribution in [0.5, 0.6) is 28.7 Å². The van der Waals surface area contributed by atoms with Crippen LogP contribution in [0, 0.1) is 6.92 Å². The first-order chi connectivity index (χ1) is 20.3. The van der Waals surface area contributed by atoms with E-state index >= 15 is 0 Å². The number of para-hydroxylation sites is 1. The van der Waals surface area contributed by atoms with E-state index in [-0.39, 0.29) is 28.4 Å². The molecule has 0 spiro atoms. The first-order valence-electron chi connectivity index (χ1n) is 12.7. The summed E-state index contributed by atoms with van der Waals surface area (Å²) >= 11 is 0. The molecule has 0 unspecified atom stereocenters. The maximum absolute atomic E-state index is 12.5.